The van der Waals surface area contributed by atoms with Crippen LogP contribution < -0.4 is 5.32 Å². The van der Waals surface area contributed by atoms with E-state index in [0.29, 0.717) is 5.56 Å². The summed E-state index contributed by atoms with van der Waals surface area (Å²) in [7, 11) is 1.79. The Labute approximate surface area is 147 Å². The standard InChI is InChI=1S/C18H15F3N4O/c1-25-11-14(10-24-25)13-6-12(7-22-9-13)8-23-17(26)15-4-2-3-5-16(15)18(19,20)21/h2-7,9-11H,8H2,1H3,(H,23,26). The van der Waals surface area contributed by atoms with E-state index in [2.05, 4.69) is 15.4 Å². The molecule has 0 aliphatic heterocycles. The lowest BCUT2D eigenvalue weighted by molar-refractivity contribution is -0.137. The van der Waals surface area contributed by atoms with Gasteiger partial charge in [0.1, 0.15) is 0 Å². The van der Waals surface area contributed by atoms with Crippen LogP contribution in [0.5, 0.6) is 0 Å². The average Bonchev–Trinajstić information content (AvgIpc) is 3.06. The number of benzene rings is 1. The lowest BCUT2D eigenvalue weighted by Crippen LogP contribution is -2.25. The van der Waals surface area contributed by atoms with Gasteiger partial charge in [-0.25, -0.2) is 0 Å². The maximum atomic E-state index is 13.0. The monoisotopic (exact) mass is 360 g/mol. The number of carbonyl (C=O) groups is 1. The van der Waals surface area contributed by atoms with Crippen molar-refractivity contribution in [3.63, 3.8) is 0 Å². The lowest BCUT2D eigenvalue weighted by atomic mass is 10.1. The van der Waals surface area contributed by atoms with Crippen LogP contribution in [0.3, 0.4) is 0 Å². The highest BCUT2D eigenvalue weighted by atomic mass is 19.4. The molecule has 0 saturated heterocycles. The molecule has 1 N–H and O–H groups in total. The second-order valence-electron chi connectivity index (χ2n) is 5.71. The van der Waals surface area contributed by atoms with E-state index < -0.39 is 23.2 Å². The molecule has 3 aromatic rings. The molecule has 0 radical (unpaired) electrons. The quantitative estimate of drug-likeness (QED) is 0.775. The van der Waals surface area contributed by atoms with E-state index in [1.807, 2.05) is 6.20 Å². The van der Waals surface area contributed by atoms with E-state index in [9.17, 15) is 18.0 Å². The number of rotatable bonds is 4. The number of halogens is 3. The Morgan fingerprint density at radius 3 is 2.62 bits per heavy atom. The minimum atomic E-state index is -4.59. The van der Waals surface area contributed by atoms with E-state index in [1.54, 1.807) is 36.4 Å². The first kappa shape index (κ1) is 17.7. The summed E-state index contributed by atoms with van der Waals surface area (Å²) in [6, 6.07) is 6.50. The van der Waals surface area contributed by atoms with Crippen LogP contribution in [-0.4, -0.2) is 20.7 Å². The van der Waals surface area contributed by atoms with Gasteiger partial charge in [-0.3, -0.25) is 14.5 Å². The van der Waals surface area contributed by atoms with Gasteiger partial charge in [0.25, 0.3) is 5.91 Å². The van der Waals surface area contributed by atoms with Gasteiger partial charge in [-0.15, -0.1) is 0 Å². The van der Waals surface area contributed by atoms with Crippen LogP contribution in [0.25, 0.3) is 11.1 Å². The van der Waals surface area contributed by atoms with Crippen LogP contribution in [0.15, 0.2) is 55.1 Å². The first-order chi connectivity index (χ1) is 12.3. The van der Waals surface area contributed by atoms with Gasteiger partial charge in [-0.05, 0) is 23.8 Å². The van der Waals surface area contributed by atoms with Gasteiger partial charge in [0.15, 0.2) is 0 Å². The van der Waals surface area contributed by atoms with Gasteiger partial charge in [0, 0.05) is 43.3 Å². The molecule has 0 spiro atoms. The third-order valence-corrected chi connectivity index (χ3v) is 3.76. The SMILES string of the molecule is Cn1cc(-c2cncc(CNC(=O)c3ccccc3C(F)(F)F)c2)cn1. The summed E-state index contributed by atoms with van der Waals surface area (Å²) in [6.45, 7) is 0.0616. The maximum Gasteiger partial charge on any atom is 0.417 e. The maximum absolute atomic E-state index is 13.0. The molecule has 0 unspecified atom stereocenters. The second-order valence-corrected chi connectivity index (χ2v) is 5.71. The van der Waals surface area contributed by atoms with E-state index in [1.165, 1.54) is 12.1 Å². The molecule has 26 heavy (non-hydrogen) atoms. The number of nitrogens with zero attached hydrogens (tertiary/aromatic N) is 3. The summed E-state index contributed by atoms with van der Waals surface area (Å²) in [6.07, 6.45) is 2.12. The van der Waals surface area contributed by atoms with Crippen LogP contribution >= 0.6 is 0 Å². The minimum Gasteiger partial charge on any atom is -0.348 e. The van der Waals surface area contributed by atoms with Crippen molar-refractivity contribution in [2.75, 3.05) is 0 Å². The Morgan fingerprint density at radius 1 is 1.15 bits per heavy atom. The van der Waals surface area contributed by atoms with Crippen LogP contribution in [0, 0.1) is 0 Å². The van der Waals surface area contributed by atoms with Crippen LogP contribution in [0.4, 0.5) is 13.2 Å². The van der Waals surface area contributed by atoms with E-state index >= 15 is 0 Å². The van der Waals surface area contributed by atoms with Gasteiger partial charge in [0.05, 0.1) is 17.3 Å². The Kier molecular flexibility index (Phi) is 4.75. The summed E-state index contributed by atoms with van der Waals surface area (Å²) in [5.41, 5.74) is 0.969. The number of amides is 1. The molecule has 134 valence electrons. The van der Waals surface area contributed by atoms with Crippen molar-refractivity contribution in [2.45, 2.75) is 12.7 Å². The third-order valence-electron chi connectivity index (χ3n) is 3.76. The lowest BCUT2D eigenvalue weighted by Gasteiger charge is -2.12. The molecule has 0 aliphatic rings. The molecule has 2 heterocycles. The minimum absolute atomic E-state index is 0.0616. The number of alkyl halides is 3. The molecule has 0 fully saturated rings. The number of carbonyl (C=O) groups excluding carboxylic acids is 1. The molecule has 0 saturated carbocycles. The zero-order valence-electron chi connectivity index (χ0n) is 13.8. The molecular formula is C18H15F3N4O. The molecule has 1 amide bonds. The van der Waals surface area contributed by atoms with Gasteiger partial charge >= 0.3 is 6.18 Å². The molecule has 3 rings (SSSR count). The van der Waals surface area contributed by atoms with Crippen LogP contribution in [0.2, 0.25) is 0 Å². The molecule has 1 aromatic carbocycles. The second kappa shape index (κ2) is 6.99. The van der Waals surface area contributed by atoms with Crippen molar-refractivity contribution < 1.29 is 18.0 Å². The summed E-state index contributed by atoms with van der Waals surface area (Å²) < 4.78 is 40.7. The van der Waals surface area contributed by atoms with Gasteiger partial charge < -0.3 is 5.32 Å². The molecule has 5 nitrogen and oxygen atoms in total. The number of hydrogen-bond acceptors (Lipinski definition) is 3. The predicted octanol–water partition coefficient (Wildman–Crippen LogP) is 3.43. The molecule has 2 aromatic heterocycles. The topological polar surface area (TPSA) is 59.8 Å². The highest BCUT2D eigenvalue weighted by Crippen LogP contribution is 2.31. The van der Waals surface area contributed by atoms with E-state index in [-0.39, 0.29) is 6.54 Å². The van der Waals surface area contributed by atoms with Crippen molar-refractivity contribution >= 4 is 5.91 Å². The van der Waals surface area contributed by atoms with Gasteiger partial charge in [-0.2, -0.15) is 18.3 Å². The van der Waals surface area contributed by atoms with Crippen molar-refractivity contribution in [1.82, 2.24) is 20.1 Å². The first-order valence-corrected chi connectivity index (χ1v) is 7.72. The Morgan fingerprint density at radius 2 is 1.92 bits per heavy atom. The summed E-state index contributed by atoms with van der Waals surface area (Å²) in [5, 5.41) is 6.59. The third kappa shape index (κ3) is 3.90. The number of aromatic nitrogens is 3. The Balaban J connectivity index is 1.75. The van der Waals surface area contributed by atoms with E-state index in [4.69, 9.17) is 0 Å². The van der Waals surface area contributed by atoms with Crippen molar-refractivity contribution in [1.29, 1.82) is 0 Å². The van der Waals surface area contributed by atoms with E-state index in [0.717, 1.165) is 23.3 Å². The number of aryl methyl sites for hydroxylation is 1. The average molecular weight is 360 g/mol. The fourth-order valence-electron chi connectivity index (χ4n) is 2.52. The Bertz CT molecular complexity index is 934. The fraction of sp³-hybridized carbons (Fsp3) is 0.167. The summed E-state index contributed by atoms with van der Waals surface area (Å²) in [4.78, 5) is 16.3. The van der Waals surface area contributed by atoms with Crippen LogP contribution in [0.1, 0.15) is 21.5 Å². The largest absolute Gasteiger partial charge is 0.417 e. The zero-order chi connectivity index (χ0) is 18.7. The number of pyridine rings is 1. The van der Waals surface area contributed by atoms with Gasteiger partial charge in [-0.1, -0.05) is 12.1 Å². The summed E-state index contributed by atoms with van der Waals surface area (Å²) in [5.74, 6) is -0.787. The molecule has 8 heteroatoms. The van der Waals surface area contributed by atoms with Crippen molar-refractivity contribution in [3.05, 3.63) is 71.8 Å². The molecule has 0 bridgehead atoms. The van der Waals surface area contributed by atoms with Crippen LogP contribution in [-0.2, 0) is 19.8 Å². The normalized spacial score (nSPS) is 11.4. The van der Waals surface area contributed by atoms with Gasteiger partial charge in [0.2, 0.25) is 0 Å². The molecule has 0 aliphatic carbocycles. The smallest absolute Gasteiger partial charge is 0.348 e. The molecular weight excluding hydrogens is 345 g/mol. The van der Waals surface area contributed by atoms with Crippen molar-refractivity contribution in [2.24, 2.45) is 7.05 Å². The first-order valence-electron chi connectivity index (χ1n) is 7.72. The van der Waals surface area contributed by atoms with Crippen molar-refractivity contribution in [3.8, 4) is 11.1 Å². The predicted molar refractivity (Wildman–Crippen MR) is 89.1 cm³/mol. The number of nitrogens with one attached hydrogen (secondary N) is 1. The fourth-order valence-corrected chi connectivity index (χ4v) is 2.52. The number of hydrogen-bond donors (Lipinski definition) is 1. The molecule has 0 atom stereocenters. The zero-order valence-corrected chi connectivity index (χ0v) is 13.8. The highest BCUT2D eigenvalue weighted by Gasteiger charge is 2.34. The Hall–Kier alpha value is -3.16. The highest BCUT2D eigenvalue weighted by molar-refractivity contribution is 5.95. The summed E-state index contributed by atoms with van der Waals surface area (Å²) >= 11 is 0.